The predicted molar refractivity (Wildman–Crippen MR) is 48.4 cm³/mol. The molecule has 0 saturated heterocycles. The average molecular weight is 182 g/mol. The molecule has 0 fully saturated rings. The van der Waals surface area contributed by atoms with Crippen molar-refractivity contribution >= 4 is 5.78 Å². The van der Waals surface area contributed by atoms with Crippen LogP contribution in [0.5, 0.6) is 0 Å². The molecule has 0 unspecified atom stereocenters. The maximum Gasteiger partial charge on any atom is 0.195 e. The lowest BCUT2D eigenvalue weighted by molar-refractivity contribution is 0.0999. The molecule has 0 radical (unpaired) electrons. The summed E-state index contributed by atoms with van der Waals surface area (Å²) in [5.74, 6) is 0.374. The number of imidazole rings is 1. The summed E-state index contributed by atoms with van der Waals surface area (Å²) in [5.41, 5.74) is 0.554. The third-order valence-electron chi connectivity index (χ3n) is 1.77. The monoisotopic (exact) mass is 182 g/mol. The Kier molecular flexibility index (Phi) is 3.19. The molecule has 0 bridgehead atoms. The van der Waals surface area contributed by atoms with Crippen LogP contribution in [0.4, 0.5) is 0 Å². The summed E-state index contributed by atoms with van der Waals surface area (Å²) in [7, 11) is 0. The molecule has 0 aliphatic heterocycles. The van der Waals surface area contributed by atoms with Gasteiger partial charge < -0.3 is 9.67 Å². The number of aliphatic hydroxyl groups excluding tert-OH is 1. The fourth-order valence-corrected chi connectivity index (χ4v) is 1.24. The summed E-state index contributed by atoms with van der Waals surface area (Å²) >= 11 is 0. The highest BCUT2D eigenvalue weighted by Crippen LogP contribution is 2.05. The van der Waals surface area contributed by atoms with E-state index in [2.05, 4.69) is 4.98 Å². The van der Waals surface area contributed by atoms with E-state index in [0.717, 1.165) is 13.0 Å². The Morgan fingerprint density at radius 3 is 2.85 bits per heavy atom. The van der Waals surface area contributed by atoms with Gasteiger partial charge in [-0.1, -0.05) is 6.92 Å². The molecule has 1 aromatic heterocycles. The van der Waals surface area contributed by atoms with E-state index in [0.29, 0.717) is 11.5 Å². The van der Waals surface area contributed by atoms with Gasteiger partial charge in [0, 0.05) is 19.7 Å². The molecule has 1 N–H and O–H groups in total. The quantitative estimate of drug-likeness (QED) is 0.706. The van der Waals surface area contributed by atoms with Crippen LogP contribution < -0.4 is 0 Å². The first-order valence-electron chi connectivity index (χ1n) is 4.36. The Morgan fingerprint density at radius 1 is 1.69 bits per heavy atom. The minimum absolute atomic E-state index is 0.0619. The van der Waals surface area contributed by atoms with Gasteiger partial charge in [0.05, 0.1) is 12.3 Å². The Bertz CT molecular complexity index is 305. The Balaban J connectivity index is 3.00. The largest absolute Gasteiger partial charge is 0.390 e. The number of hydrogen-bond donors (Lipinski definition) is 1. The van der Waals surface area contributed by atoms with Crippen molar-refractivity contribution in [3.63, 3.8) is 0 Å². The van der Waals surface area contributed by atoms with E-state index >= 15 is 0 Å². The average Bonchev–Trinajstić information content (AvgIpc) is 2.48. The van der Waals surface area contributed by atoms with Gasteiger partial charge >= 0.3 is 0 Å². The number of nitrogens with zero attached hydrogens (tertiary/aromatic N) is 2. The zero-order chi connectivity index (χ0) is 9.84. The standard InChI is InChI=1S/C9H14N2O2/c1-3-4-11-5-8(6-12)10-9(11)7(2)13/h5,12H,3-4,6H2,1-2H3. The maximum atomic E-state index is 11.1. The van der Waals surface area contributed by atoms with E-state index in [1.54, 1.807) is 10.8 Å². The highest BCUT2D eigenvalue weighted by atomic mass is 16.3. The minimum atomic E-state index is -0.114. The molecule has 0 aliphatic rings. The van der Waals surface area contributed by atoms with Crippen molar-refractivity contribution in [2.24, 2.45) is 0 Å². The third-order valence-corrected chi connectivity index (χ3v) is 1.77. The van der Waals surface area contributed by atoms with Crippen molar-refractivity contribution < 1.29 is 9.90 Å². The van der Waals surface area contributed by atoms with Crippen LogP contribution in [0.2, 0.25) is 0 Å². The number of carbonyl (C=O) groups excluding carboxylic acids is 1. The first-order valence-corrected chi connectivity index (χ1v) is 4.36. The molecular weight excluding hydrogens is 168 g/mol. The molecule has 1 rings (SSSR count). The molecule has 72 valence electrons. The maximum absolute atomic E-state index is 11.1. The number of Topliss-reactive ketones (excluding diaryl/α,β-unsaturated/α-hetero) is 1. The first-order chi connectivity index (χ1) is 6.19. The summed E-state index contributed by atoms with van der Waals surface area (Å²) in [4.78, 5) is 15.1. The van der Waals surface area contributed by atoms with Gasteiger partial charge in [0.25, 0.3) is 0 Å². The second-order valence-electron chi connectivity index (χ2n) is 2.96. The van der Waals surface area contributed by atoms with E-state index < -0.39 is 0 Å². The van der Waals surface area contributed by atoms with Gasteiger partial charge in [0.1, 0.15) is 0 Å². The summed E-state index contributed by atoms with van der Waals surface area (Å²) < 4.78 is 1.79. The van der Waals surface area contributed by atoms with Gasteiger partial charge in [-0.15, -0.1) is 0 Å². The lowest BCUT2D eigenvalue weighted by Crippen LogP contribution is -2.06. The molecule has 0 saturated carbocycles. The molecule has 1 aromatic rings. The fraction of sp³-hybridized carbons (Fsp3) is 0.556. The molecule has 4 nitrogen and oxygen atoms in total. The van der Waals surface area contributed by atoms with Crippen LogP contribution in [0.3, 0.4) is 0 Å². The van der Waals surface area contributed by atoms with Crippen molar-refractivity contribution in [3.8, 4) is 0 Å². The number of hydrogen-bond acceptors (Lipinski definition) is 3. The Hall–Kier alpha value is -1.16. The van der Waals surface area contributed by atoms with Gasteiger partial charge in [-0.2, -0.15) is 0 Å². The SMILES string of the molecule is CCCn1cc(CO)nc1C(C)=O. The van der Waals surface area contributed by atoms with Crippen LogP contribution >= 0.6 is 0 Å². The zero-order valence-electron chi connectivity index (χ0n) is 7.95. The number of ketones is 1. The van der Waals surface area contributed by atoms with Gasteiger partial charge in [0.2, 0.25) is 0 Å². The normalized spacial score (nSPS) is 10.4. The highest BCUT2D eigenvalue weighted by molar-refractivity contribution is 5.90. The highest BCUT2D eigenvalue weighted by Gasteiger charge is 2.10. The van der Waals surface area contributed by atoms with Crippen LogP contribution in [-0.4, -0.2) is 20.4 Å². The molecule has 0 amide bonds. The summed E-state index contributed by atoms with van der Waals surface area (Å²) in [5, 5.41) is 8.84. The topological polar surface area (TPSA) is 55.1 Å². The van der Waals surface area contributed by atoms with E-state index in [4.69, 9.17) is 5.11 Å². The molecule has 13 heavy (non-hydrogen) atoms. The van der Waals surface area contributed by atoms with Crippen molar-refractivity contribution in [3.05, 3.63) is 17.7 Å². The summed E-state index contributed by atoms with van der Waals surface area (Å²) in [6.07, 6.45) is 2.67. The molecule has 0 aliphatic carbocycles. The minimum Gasteiger partial charge on any atom is -0.390 e. The van der Waals surface area contributed by atoms with Crippen molar-refractivity contribution in [2.45, 2.75) is 33.4 Å². The Morgan fingerprint density at radius 2 is 2.38 bits per heavy atom. The van der Waals surface area contributed by atoms with Crippen molar-refractivity contribution in [2.75, 3.05) is 0 Å². The van der Waals surface area contributed by atoms with Crippen LogP contribution in [0.25, 0.3) is 0 Å². The van der Waals surface area contributed by atoms with Gasteiger partial charge in [0.15, 0.2) is 11.6 Å². The second kappa shape index (κ2) is 4.18. The van der Waals surface area contributed by atoms with E-state index in [1.165, 1.54) is 6.92 Å². The number of carbonyl (C=O) groups is 1. The van der Waals surface area contributed by atoms with Crippen LogP contribution in [0, 0.1) is 0 Å². The summed E-state index contributed by atoms with van der Waals surface area (Å²) in [6.45, 7) is 4.16. The smallest absolute Gasteiger partial charge is 0.195 e. The first kappa shape index (κ1) is 9.92. The molecular formula is C9H14N2O2. The van der Waals surface area contributed by atoms with Crippen molar-refractivity contribution in [1.82, 2.24) is 9.55 Å². The second-order valence-corrected chi connectivity index (χ2v) is 2.96. The Labute approximate surface area is 77.2 Å². The van der Waals surface area contributed by atoms with Crippen molar-refractivity contribution in [1.29, 1.82) is 0 Å². The molecule has 1 heterocycles. The molecule has 4 heteroatoms. The third kappa shape index (κ3) is 2.15. The number of rotatable bonds is 4. The van der Waals surface area contributed by atoms with Crippen LogP contribution in [-0.2, 0) is 13.2 Å². The van der Waals surface area contributed by atoms with Gasteiger partial charge in [-0.05, 0) is 6.42 Å². The van der Waals surface area contributed by atoms with E-state index in [-0.39, 0.29) is 12.4 Å². The van der Waals surface area contributed by atoms with Crippen LogP contribution in [0.1, 0.15) is 36.6 Å². The molecule has 0 aromatic carbocycles. The number of aryl methyl sites for hydroxylation is 1. The van der Waals surface area contributed by atoms with E-state index in [1.807, 2.05) is 6.92 Å². The van der Waals surface area contributed by atoms with E-state index in [9.17, 15) is 4.79 Å². The predicted octanol–water partition coefficient (Wildman–Crippen LogP) is 0.988. The molecule has 0 atom stereocenters. The summed E-state index contributed by atoms with van der Waals surface area (Å²) in [6, 6.07) is 0. The molecule has 0 spiro atoms. The number of aliphatic hydroxyl groups is 1. The number of aromatic nitrogens is 2. The fourth-order valence-electron chi connectivity index (χ4n) is 1.24. The van der Waals surface area contributed by atoms with Gasteiger partial charge in [-0.25, -0.2) is 4.98 Å². The zero-order valence-corrected chi connectivity index (χ0v) is 7.95. The lowest BCUT2D eigenvalue weighted by Gasteiger charge is -2.01. The lowest BCUT2D eigenvalue weighted by atomic mass is 10.4. The van der Waals surface area contributed by atoms with Gasteiger partial charge in [-0.3, -0.25) is 4.79 Å². The van der Waals surface area contributed by atoms with Crippen LogP contribution in [0.15, 0.2) is 6.20 Å².